The monoisotopic (exact) mass is 524 g/mol. The highest BCUT2D eigenvalue weighted by Crippen LogP contribution is 2.35. The Bertz CT molecular complexity index is 1570. The molecule has 7 heteroatoms. The number of thiazole rings is 2. The zero-order valence-corrected chi connectivity index (χ0v) is 23.4. The first kappa shape index (κ1) is 25.0. The van der Waals surface area contributed by atoms with Gasteiger partial charge in [-0.05, 0) is 87.1 Å². The van der Waals surface area contributed by atoms with E-state index in [1.165, 1.54) is 56.1 Å². The van der Waals surface area contributed by atoms with E-state index in [1.54, 1.807) is 12.1 Å². The second-order valence-electron chi connectivity index (χ2n) is 9.43. The maximum Gasteiger partial charge on any atom is 0.248 e. The number of rotatable bonds is 5. The molecule has 0 aliphatic rings. The Hall–Kier alpha value is -3.68. The van der Waals surface area contributed by atoms with E-state index in [2.05, 4.69) is 65.8 Å². The van der Waals surface area contributed by atoms with Crippen molar-refractivity contribution >= 4 is 28.6 Å². The van der Waals surface area contributed by atoms with Crippen molar-refractivity contribution in [1.29, 1.82) is 0 Å². The van der Waals surface area contributed by atoms with Crippen LogP contribution in [0, 0.1) is 41.5 Å². The largest absolute Gasteiger partial charge is 0.366 e. The molecule has 0 bridgehead atoms. The predicted octanol–water partition coefficient (Wildman–Crippen LogP) is 7.61. The van der Waals surface area contributed by atoms with Crippen LogP contribution >= 0.6 is 22.7 Å². The van der Waals surface area contributed by atoms with Crippen LogP contribution in [0.3, 0.4) is 0 Å². The van der Waals surface area contributed by atoms with Crippen LogP contribution in [0.5, 0.6) is 0 Å². The highest BCUT2D eigenvalue weighted by atomic mass is 32.1. The summed E-state index contributed by atoms with van der Waals surface area (Å²) in [6, 6.07) is 11.9. The first-order valence-electron chi connectivity index (χ1n) is 12.0. The molecule has 0 atom stereocenters. The van der Waals surface area contributed by atoms with Crippen LogP contribution in [0.4, 0.5) is 0 Å². The van der Waals surface area contributed by atoms with Gasteiger partial charge in [-0.3, -0.25) is 4.79 Å². The van der Waals surface area contributed by atoms with Crippen molar-refractivity contribution in [2.75, 3.05) is 0 Å². The number of carbonyl (C=O) groups is 1. The highest BCUT2D eigenvalue weighted by Gasteiger charge is 2.17. The molecular formula is C30H28N4OS2. The molecule has 3 aromatic heterocycles. The predicted molar refractivity (Wildman–Crippen MR) is 154 cm³/mol. The van der Waals surface area contributed by atoms with Crippen molar-refractivity contribution in [3.8, 4) is 43.9 Å². The fraction of sp³-hybridized carbons (Fsp3) is 0.200. The molecule has 3 heterocycles. The summed E-state index contributed by atoms with van der Waals surface area (Å²) in [5, 5.41) is 5.54. The van der Waals surface area contributed by atoms with Gasteiger partial charge in [0.05, 0.1) is 11.4 Å². The second-order valence-corrected chi connectivity index (χ2v) is 11.1. The van der Waals surface area contributed by atoms with Crippen LogP contribution in [0.2, 0.25) is 0 Å². The molecule has 5 nitrogen and oxygen atoms in total. The van der Waals surface area contributed by atoms with Crippen LogP contribution in [0.1, 0.15) is 43.7 Å². The number of amides is 1. The molecule has 5 rings (SSSR count). The number of aromatic nitrogens is 3. The van der Waals surface area contributed by atoms with E-state index in [9.17, 15) is 4.79 Å². The third-order valence-electron chi connectivity index (χ3n) is 7.22. The minimum absolute atomic E-state index is 0.387. The Morgan fingerprint density at radius 1 is 0.622 bits per heavy atom. The molecule has 0 spiro atoms. The summed E-state index contributed by atoms with van der Waals surface area (Å²) in [5.74, 6) is -0.506. The van der Waals surface area contributed by atoms with Crippen molar-refractivity contribution in [3.63, 3.8) is 0 Å². The molecular weight excluding hydrogens is 496 g/mol. The lowest BCUT2D eigenvalue weighted by Gasteiger charge is -2.09. The number of nitrogens with two attached hydrogens (primary N) is 1. The number of carbonyl (C=O) groups excluding carboxylic acids is 1. The number of hydrogen-bond acceptors (Lipinski definition) is 6. The van der Waals surface area contributed by atoms with Gasteiger partial charge in [-0.15, -0.1) is 22.7 Å². The molecule has 0 unspecified atom stereocenters. The van der Waals surface area contributed by atoms with Crippen molar-refractivity contribution in [2.24, 2.45) is 5.73 Å². The summed E-state index contributed by atoms with van der Waals surface area (Å²) in [5.41, 5.74) is 18.8. The van der Waals surface area contributed by atoms with Gasteiger partial charge in [0.15, 0.2) is 0 Å². The zero-order chi connectivity index (χ0) is 26.4. The highest BCUT2D eigenvalue weighted by molar-refractivity contribution is 7.13. The molecule has 0 aliphatic heterocycles. The van der Waals surface area contributed by atoms with Gasteiger partial charge in [-0.1, -0.05) is 24.3 Å². The fourth-order valence-electron chi connectivity index (χ4n) is 4.39. The van der Waals surface area contributed by atoms with Gasteiger partial charge in [0.25, 0.3) is 0 Å². The standard InChI is InChI=1S/C30H28N4OS2/c1-15-7-9-22(19(5)17(15)3)26-13-36-29(33-26)24-11-21(28(31)35)12-25(32-24)30-34-27(14-37-30)23-10-8-16(2)18(4)20(23)6/h7-14H,1-6H3,(H2,31,35). The summed E-state index contributed by atoms with van der Waals surface area (Å²) in [6.07, 6.45) is 0. The van der Waals surface area contributed by atoms with Crippen molar-refractivity contribution < 1.29 is 4.79 Å². The fourth-order valence-corrected chi connectivity index (χ4v) is 5.95. The number of aryl methyl sites for hydroxylation is 2. The SMILES string of the molecule is Cc1ccc(-c2csc(-c3cc(C(N)=O)cc(-c4nc(-c5ccc(C)c(C)c5C)cs4)n3)n2)c(C)c1C. The summed E-state index contributed by atoms with van der Waals surface area (Å²) in [4.78, 5) is 26.9. The number of primary amides is 1. The van der Waals surface area contributed by atoms with Crippen molar-refractivity contribution in [3.05, 3.63) is 86.1 Å². The molecule has 37 heavy (non-hydrogen) atoms. The summed E-state index contributed by atoms with van der Waals surface area (Å²) < 4.78 is 0. The quantitative estimate of drug-likeness (QED) is 0.256. The van der Waals surface area contributed by atoms with E-state index in [-0.39, 0.29) is 0 Å². The Morgan fingerprint density at radius 3 is 1.46 bits per heavy atom. The molecule has 0 fully saturated rings. The van der Waals surface area contributed by atoms with Crippen molar-refractivity contribution in [1.82, 2.24) is 15.0 Å². The average Bonchev–Trinajstić information content (AvgIpc) is 3.56. The molecule has 0 radical (unpaired) electrons. The van der Waals surface area contributed by atoms with E-state index in [4.69, 9.17) is 20.7 Å². The molecule has 0 saturated carbocycles. The van der Waals surface area contributed by atoms with Gasteiger partial charge in [0.1, 0.15) is 21.4 Å². The third-order valence-corrected chi connectivity index (χ3v) is 8.95. The van der Waals surface area contributed by atoms with Gasteiger partial charge in [0, 0.05) is 27.5 Å². The smallest absolute Gasteiger partial charge is 0.248 e. The van der Waals surface area contributed by atoms with E-state index in [1.807, 2.05) is 10.8 Å². The minimum atomic E-state index is -0.506. The van der Waals surface area contributed by atoms with E-state index in [0.717, 1.165) is 32.5 Å². The Balaban J connectivity index is 1.56. The third kappa shape index (κ3) is 4.61. The van der Waals surface area contributed by atoms with Crippen LogP contribution in [0.25, 0.3) is 43.9 Å². The molecule has 2 N–H and O–H groups in total. The minimum Gasteiger partial charge on any atom is -0.366 e. The molecule has 5 aromatic rings. The number of nitrogens with zero attached hydrogens (tertiary/aromatic N) is 3. The lowest BCUT2D eigenvalue weighted by Crippen LogP contribution is -2.11. The van der Waals surface area contributed by atoms with Crippen molar-refractivity contribution in [2.45, 2.75) is 41.5 Å². The molecule has 0 aliphatic carbocycles. The Labute approximate surface area is 225 Å². The molecule has 186 valence electrons. The van der Waals surface area contributed by atoms with Crippen LogP contribution < -0.4 is 5.73 Å². The first-order valence-corrected chi connectivity index (χ1v) is 13.8. The molecule has 0 saturated heterocycles. The van der Waals surface area contributed by atoms with Crippen LogP contribution in [-0.4, -0.2) is 20.9 Å². The number of benzene rings is 2. The Kier molecular flexibility index (Phi) is 6.52. The normalized spacial score (nSPS) is 11.2. The van der Waals surface area contributed by atoms with Gasteiger partial charge < -0.3 is 5.73 Å². The average molecular weight is 525 g/mol. The maximum absolute atomic E-state index is 12.2. The molecule has 1 amide bonds. The molecule has 2 aromatic carbocycles. The van der Waals surface area contributed by atoms with Gasteiger partial charge >= 0.3 is 0 Å². The van der Waals surface area contributed by atoms with Gasteiger partial charge in [-0.2, -0.15) is 0 Å². The van der Waals surface area contributed by atoms with Gasteiger partial charge in [-0.25, -0.2) is 15.0 Å². The number of hydrogen-bond donors (Lipinski definition) is 1. The maximum atomic E-state index is 12.2. The van der Waals surface area contributed by atoms with E-state index in [0.29, 0.717) is 17.0 Å². The van der Waals surface area contributed by atoms with E-state index < -0.39 is 5.91 Å². The van der Waals surface area contributed by atoms with Crippen LogP contribution in [0.15, 0.2) is 47.2 Å². The van der Waals surface area contributed by atoms with Crippen LogP contribution in [-0.2, 0) is 0 Å². The second kappa shape index (κ2) is 9.65. The van der Waals surface area contributed by atoms with Gasteiger partial charge in [0.2, 0.25) is 5.91 Å². The van der Waals surface area contributed by atoms with E-state index >= 15 is 0 Å². The lowest BCUT2D eigenvalue weighted by atomic mass is 9.97. The Morgan fingerprint density at radius 2 is 1.05 bits per heavy atom. The zero-order valence-electron chi connectivity index (χ0n) is 21.8. The summed E-state index contributed by atoms with van der Waals surface area (Å²) in [6.45, 7) is 12.7. The number of pyridine rings is 1. The lowest BCUT2D eigenvalue weighted by molar-refractivity contribution is 0.1000. The summed E-state index contributed by atoms with van der Waals surface area (Å²) >= 11 is 3.01. The first-order chi connectivity index (χ1) is 17.6. The topological polar surface area (TPSA) is 81.8 Å². The summed E-state index contributed by atoms with van der Waals surface area (Å²) in [7, 11) is 0.